The molecular weight excluding hydrogens is 231 g/mol. The molecule has 25 valence electrons. The van der Waals surface area contributed by atoms with Crippen LogP contribution in [-0.2, 0) is 60.6 Å². The van der Waals surface area contributed by atoms with Crippen molar-refractivity contribution in [1.29, 1.82) is 0 Å². The zero-order chi connectivity index (χ0) is 0. The van der Waals surface area contributed by atoms with Crippen molar-refractivity contribution in [2.45, 2.75) is 0 Å². The van der Waals surface area contributed by atoms with E-state index in [-0.39, 0.29) is 83.7 Å². The average Bonchev–Trinajstić information content (AvgIpc) is 0. The van der Waals surface area contributed by atoms with Gasteiger partial charge in [-0.3, -0.25) is 0 Å². The number of hydrogen-bond acceptors (Lipinski definition) is 0. The van der Waals surface area contributed by atoms with E-state index in [0.29, 0.717) is 0 Å². The molecule has 1 radical (unpaired) electrons. The molecular formula is H2CrCuMgZr. The maximum absolute atomic E-state index is 0. The zero-order valence-electron chi connectivity index (χ0n) is 1.21. The number of hydrogen-bond donors (Lipinski definition) is 0. The van der Waals surface area contributed by atoms with Crippen LogP contribution in [0.5, 0.6) is 0 Å². The Labute approximate surface area is 82.4 Å². The minimum absolute atomic E-state index is 0. The Kier molecular flexibility index (Phi) is 129. The molecule has 0 nitrogen and oxygen atoms in total. The minimum atomic E-state index is 0. The summed E-state index contributed by atoms with van der Waals surface area (Å²) >= 11 is 0. The van der Waals surface area contributed by atoms with Crippen LogP contribution in [0.2, 0.25) is 0 Å². The van der Waals surface area contributed by atoms with E-state index in [2.05, 4.69) is 0 Å². The molecule has 0 fully saturated rings. The molecule has 0 amide bonds. The first-order chi connectivity index (χ1) is 0. The van der Waals surface area contributed by atoms with E-state index in [1.54, 1.807) is 0 Å². The molecule has 0 aromatic heterocycles. The van der Waals surface area contributed by atoms with Gasteiger partial charge in [0, 0.05) is 60.6 Å². The molecule has 4 heavy (non-hydrogen) atoms. The van der Waals surface area contributed by atoms with Gasteiger partial charge in [-0.1, -0.05) is 0 Å². The van der Waals surface area contributed by atoms with Gasteiger partial charge in [0.2, 0.25) is 0 Å². The standard InChI is InChI=1S/Cr.Cu.Mg.Zr.2H. The monoisotopic (exact) mass is 231 g/mol. The van der Waals surface area contributed by atoms with E-state index in [1.165, 1.54) is 0 Å². The average molecular weight is 233 g/mol. The van der Waals surface area contributed by atoms with Crippen molar-refractivity contribution in [2.75, 3.05) is 0 Å². The molecule has 0 aromatic carbocycles. The van der Waals surface area contributed by atoms with E-state index in [1.807, 2.05) is 0 Å². The van der Waals surface area contributed by atoms with Gasteiger partial charge in [-0.25, -0.2) is 0 Å². The Morgan fingerprint density at radius 2 is 1.00 bits per heavy atom. The van der Waals surface area contributed by atoms with Crippen molar-refractivity contribution >= 4 is 23.1 Å². The first-order valence-corrected chi connectivity index (χ1v) is 0. The van der Waals surface area contributed by atoms with Crippen LogP contribution in [0.3, 0.4) is 0 Å². The van der Waals surface area contributed by atoms with Gasteiger partial charge in [-0.15, -0.1) is 0 Å². The molecule has 0 heterocycles. The van der Waals surface area contributed by atoms with Crippen molar-refractivity contribution in [3.63, 3.8) is 0 Å². The molecule has 0 spiro atoms. The van der Waals surface area contributed by atoms with Crippen LogP contribution < -0.4 is 0 Å². The van der Waals surface area contributed by atoms with E-state index >= 15 is 0 Å². The molecule has 0 aliphatic carbocycles. The summed E-state index contributed by atoms with van der Waals surface area (Å²) in [5, 5.41) is 0. The van der Waals surface area contributed by atoms with Crippen molar-refractivity contribution in [2.24, 2.45) is 0 Å². The summed E-state index contributed by atoms with van der Waals surface area (Å²) in [6, 6.07) is 0. The molecule has 0 atom stereocenters. The third kappa shape index (κ3) is 8.83. The minimum Gasteiger partial charge on any atom is 0 e. The molecule has 0 unspecified atom stereocenters. The van der Waals surface area contributed by atoms with E-state index in [4.69, 9.17) is 0 Å². The molecule has 0 aliphatic rings. The SMILES string of the molecule is [Cr].[Cu].[MgH2].[Zr]. The van der Waals surface area contributed by atoms with E-state index in [0.717, 1.165) is 0 Å². The fourth-order valence-corrected chi connectivity index (χ4v) is 0. The summed E-state index contributed by atoms with van der Waals surface area (Å²) in [5.74, 6) is 0. The van der Waals surface area contributed by atoms with Gasteiger partial charge in [0.05, 0.1) is 0 Å². The van der Waals surface area contributed by atoms with Gasteiger partial charge in [-0.05, 0) is 0 Å². The first kappa shape index (κ1) is 29.9. The van der Waals surface area contributed by atoms with Gasteiger partial charge in [-0.2, -0.15) is 0 Å². The summed E-state index contributed by atoms with van der Waals surface area (Å²) in [6.07, 6.45) is 0. The maximum Gasteiger partial charge on any atom is 0.316 e. The van der Waals surface area contributed by atoms with Crippen LogP contribution in [0.1, 0.15) is 0 Å². The van der Waals surface area contributed by atoms with Crippen LogP contribution in [0.4, 0.5) is 0 Å². The molecule has 4 heteroatoms. The Bertz CT molecular complexity index is 8.00. The molecule has 0 N–H and O–H groups in total. The van der Waals surface area contributed by atoms with Crippen LogP contribution in [-0.4, -0.2) is 23.1 Å². The van der Waals surface area contributed by atoms with Crippen molar-refractivity contribution in [3.8, 4) is 0 Å². The van der Waals surface area contributed by atoms with Crippen molar-refractivity contribution in [1.82, 2.24) is 0 Å². The molecule has 0 aromatic rings. The summed E-state index contributed by atoms with van der Waals surface area (Å²) in [5.41, 5.74) is 0. The summed E-state index contributed by atoms with van der Waals surface area (Å²) in [6.45, 7) is 0. The summed E-state index contributed by atoms with van der Waals surface area (Å²) in [7, 11) is 0. The van der Waals surface area contributed by atoms with Crippen LogP contribution in [0.25, 0.3) is 0 Å². The maximum atomic E-state index is 0. The second kappa shape index (κ2) is 17.3. The second-order valence-corrected chi connectivity index (χ2v) is 0. The predicted octanol–water partition coefficient (Wildman–Crippen LogP) is -0.924. The molecule has 0 bridgehead atoms. The molecule has 0 aliphatic heterocycles. The van der Waals surface area contributed by atoms with Gasteiger partial charge >= 0.3 is 23.1 Å². The van der Waals surface area contributed by atoms with Crippen LogP contribution >= 0.6 is 0 Å². The third-order valence-electron chi connectivity index (χ3n) is 0. The Morgan fingerprint density at radius 3 is 1.00 bits per heavy atom. The third-order valence-corrected chi connectivity index (χ3v) is 0. The fraction of sp³-hybridized carbons (Fsp3) is 0. The predicted molar refractivity (Wildman–Crippen MR) is 8.54 cm³/mol. The second-order valence-electron chi connectivity index (χ2n) is 0. The van der Waals surface area contributed by atoms with Crippen molar-refractivity contribution in [3.05, 3.63) is 0 Å². The Balaban J connectivity index is 0. The van der Waals surface area contributed by atoms with Crippen LogP contribution in [0, 0.1) is 0 Å². The molecule has 0 saturated heterocycles. The first-order valence-electron chi connectivity index (χ1n) is 0. The smallest absolute Gasteiger partial charge is 0 e. The van der Waals surface area contributed by atoms with Crippen LogP contribution in [0.15, 0.2) is 0 Å². The van der Waals surface area contributed by atoms with E-state index in [9.17, 15) is 0 Å². The van der Waals surface area contributed by atoms with Gasteiger partial charge < -0.3 is 0 Å². The van der Waals surface area contributed by atoms with Crippen molar-refractivity contribution < 1.29 is 60.6 Å². The Morgan fingerprint density at radius 1 is 1.00 bits per heavy atom. The summed E-state index contributed by atoms with van der Waals surface area (Å²) < 4.78 is 0. The zero-order valence-corrected chi connectivity index (χ0v) is 5.88. The normalized spacial score (nSPS) is 0. The molecule has 0 saturated carbocycles. The quantitative estimate of drug-likeness (QED) is 0.474. The topological polar surface area (TPSA) is 0 Å². The van der Waals surface area contributed by atoms with Gasteiger partial charge in [0.15, 0.2) is 0 Å². The largest absolute Gasteiger partial charge is 0.316 e. The van der Waals surface area contributed by atoms with Gasteiger partial charge in [0.25, 0.3) is 0 Å². The van der Waals surface area contributed by atoms with E-state index < -0.39 is 0 Å². The van der Waals surface area contributed by atoms with Gasteiger partial charge in [0.1, 0.15) is 0 Å². The summed E-state index contributed by atoms with van der Waals surface area (Å²) in [4.78, 5) is 0. The molecule has 0 rings (SSSR count). The number of rotatable bonds is 0. The Hall–Kier alpha value is 2.70. The fourth-order valence-electron chi connectivity index (χ4n) is 0.